The van der Waals surface area contributed by atoms with E-state index in [4.69, 9.17) is 9.15 Å². The minimum Gasteiger partial charge on any atom is -0.494 e. The number of aryl methyl sites for hydroxylation is 1. The Morgan fingerprint density at radius 1 is 1.12 bits per heavy atom. The highest BCUT2D eigenvalue weighted by molar-refractivity contribution is 7.89. The second-order valence-electron chi connectivity index (χ2n) is 5.99. The van der Waals surface area contributed by atoms with E-state index in [-0.39, 0.29) is 23.9 Å². The van der Waals surface area contributed by atoms with Gasteiger partial charge in [0.25, 0.3) is 5.91 Å². The van der Waals surface area contributed by atoms with Crippen molar-refractivity contribution in [1.29, 1.82) is 0 Å². The Morgan fingerprint density at radius 3 is 2.31 bits per heavy atom. The van der Waals surface area contributed by atoms with Gasteiger partial charge in [0.15, 0.2) is 0 Å². The van der Waals surface area contributed by atoms with Crippen LogP contribution in [0.2, 0.25) is 0 Å². The normalized spacial score (nSPS) is 15.8. The van der Waals surface area contributed by atoms with Crippen LogP contribution in [0, 0.1) is 6.92 Å². The number of amides is 1. The van der Waals surface area contributed by atoms with Gasteiger partial charge in [0, 0.05) is 26.2 Å². The SMILES string of the molecule is CCOc1ccc(S(=O)(=O)N2CCN(C(=O)c3ccoc3C)CC2)cc1. The third-order valence-corrected chi connectivity index (χ3v) is 6.30. The van der Waals surface area contributed by atoms with Crippen LogP contribution < -0.4 is 4.74 Å². The van der Waals surface area contributed by atoms with Crippen LogP contribution in [-0.4, -0.2) is 56.3 Å². The van der Waals surface area contributed by atoms with Gasteiger partial charge in [-0.25, -0.2) is 8.42 Å². The molecule has 3 rings (SSSR count). The minimum atomic E-state index is -3.58. The van der Waals surface area contributed by atoms with Crippen LogP contribution in [0.15, 0.2) is 45.9 Å². The summed E-state index contributed by atoms with van der Waals surface area (Å²) in [6.45, 7) is 5.35. The molecule has 2 heterocycles. The molecule has 1 aliphatic heterocycles. The number of nitrogens with zero attached hydrogens (tertiary/aromatic N) is 2. The predicted molar refractivity (Wildman–Crippen MR) is 95.7 cm³/mol. The maximum absolute atomic E-state index is 12.8. The quantitative estimate of drug-likeness (QED) is 0.796. The van der Waals surface area contributed by atoms with E-state index in [0.717, 1.165) is 0 Å². The van der Waals surface area contributed by atoms with Crippen LogP contribution in [0.25, 0.3) is 0 Å². The van der Waals surface area contributed by atoms with Crippen LogP contribution in [0.5, 0.6) is 5.75 Å². The van der Waals surface area contributed by atoms with E-state index in [1.807, 2.05) is 6.92 Å². The van der Waals surface area contributed by atoms with Crippen molar-refractivity contribution < 1.29 is 22.4 Å². The molecule has 0 radical (unpaired) electrons. The number of rotatable bonds is 5. The van der Waals surface area contributed by atoms with E-state index in [1.165, 1.54) is 10.6 Å². The fourth-order valence-electron chi connectivity index (χ4n) is 2.93. The largest absolute Gasteiger partial charge is 0.494 e. The second-order valence-corrected chi connectivity index (χ2v) is 7.93. The molecule has 1 saturated heterocycles. The van der Waals surface area contributed by atoms with E-state index in [2.05, 4.69) is 0 Å². The first-order valence-electron chi connectivity index (χ1n) is 8.50. The molecule has 0 bridgehead atoms. The monoisotopic (exact) mass is 378 g/mol. The van der Waals surface area contributed by atoms with E-state index in [0.29, 0.717) is 36.8 Å². The van der Waals surface area contributed by atoms with E-state index in [1.54, 1.807) is 42.2 Å². The van der Waals surface area contributed by atoms with Gasteiger partial charge in [-0.3, -0.25) is 4.79 Å². The zero-order valence-corrected chi connectivity index (χ0v) is 15.7. The summed E-state index contributed by atoms with van der Waals surface area (Å²) < 4.78 is 37.5. The van der Waals surface area contributed by atoms with Gasteiger partial charge in [-0.15, -0.1) is 0 Å². The zero-order valence-electron chi connectivity index (χ0n) is 14.8. The number of hydrogen-bond donors (Lipinski definition) is 0. The Labute approximate surface area is 153 Å². The third kappa shape index (κ3) is 3.61. The number of piperazine rings is 1. The Kier molecular flexibility index (Phi) is 5.33. The van der Waals surface area contributed by atoms with Gasteiger partial charge in [0.1, 0.15) is 11.5 Å². The number of furan rings is 1. The molecule has 0 atom stereocenters. The number of carbonyl (C=O) groups excluding carboxylic acids is 1. The van der Waals surface area contributed by atoms with Crippen molar-refractivity contribution in [2.24, 2.45) is 0 Å². The summed E-state index contributed by atoms with van der Waals surface area (Å²) in [6, 6.07) is 8.04. The van der Waals surface area contributed by atoms with Gasteiger partial charge >= 0.3 is 0 Å². The Bertz CT molecular complexity index is 865. The molecule has 0 unspecified atom stereocenters. The zero-order chi connectivity index (χ0) is 18.7. The van der Waals surface area contributed by atoms with E-state index < -0.39 is 10.0 Å². The van der Waals surface area contributed by atoms with Gasteiger partial charge in [0.05, 0.1) is 23.3 Å². The molecule has 8 heteroatoms. The van der Waals surface area contributed by atoms with Crippen molar-refractivity contribution in [2.45, 2.75) is 18.7 Å². The first kappa shape index (κ1) is 18.5. The summed E-state index contributed by atoms with van der Waals surface area (Å²) in [5.41, 5.74) is 0.521. The first-order valence-corrected chi connectivity index (χ1v) is 9.94. The molecule has 1 aromatic heterocycles. The van der Waals surface area contributed by atoms with Crippen molar-refractivity contribution in [2.75, 3.05) is 32.8 Å². The van der Waals surface area contributed by atoms with Gasteiger partial charge in [-0.05, 0) is 44.2 Å². The number of sulfonamides is 1. The van der Waals surface area contributed by atoms with Crippen molar-refractivity contribution in [3.63, 3.8) is 0 Å². The number of ether oxygens (including phenoxy) is 1. The fourth-order valence-corrected chi connectivity index (χ4v) is 4.35. The van der Waals surface area contributed by atoms with Crippen molar-refractivity contribution in [1.82, 2.24) is 9.21 Å². The molecule has 1 aliphatic rings. The second kappa shape index (κ2) is 7.51. The van der Waals surface area contributed by atoms with Gasteiger partial charge in [-0.2, -0.15) is 4.31 Å². The lowest BCUT2D eigenvalue weighted by atomic mass is 10.2. The van der Waals surface area contributed by atoms with Crippen molar-refractivity contribution in [3.05, 3.63) is 47.9 Å². The van der Waals surface area contributed by atoms with Gasteiger partial charge in [0.2, 0.25) is 10.0 Å². The topological polar surface area (TPSA) is 80.1 Å². The molecule has 26 heavy (non-hydrogen) atoms. The fraction of sp³-hybridized carbons (Fsp3) is 0.389. The molecular formula is C18H22N2O5S. The van der Waals surface area contributed by atoms with Gasteiger partial charge in [-0.1, -0.05) is 0 Å². The Balaban J connectivity index is 1.67. The standard InChI is InChI=1S/C18H22N2O5S/c1-3-24-15-4-6-16(7-5-15)26(22,23)20-11-9-19(10-12-20)18(21)17-8-13-25-14(17)2/h4-8,13H,3,9-12H2,1-2H3. The summed E-state index contributed by atoms with van der Waals surface area (Å²) in [7, 11) is -3.58. The molecule has 0 spiro atoms. The summed E-state index contributed by atoms with van der Waals surface area (Å²) >= 11 is 0. The average Bonchev–Trinajstić information content (AvgIpc) is 3.08. The smallest absolute Gasteiger partial charge is 0.257 e. The van der Waals surface area contributed by atoms with Crippen LogP contribution >= 0.6 is 0 Å². The molecule has 0 N–H and O–H groups in total. The summed E-state index contributed by atoms with van der Waals surface area (Å²) in [6.07, 6.45) is 1.48. The van der Waals surface area contributed by atoms with Crippen LogP contribution in [0.3, 0.4) is 0 Å². The summed E-state index contributed by atoms with van der Waals surface area (Å²) in [5, 5.41) is 0. The number of hydrogen-bond acceptors (Lipinski definition) is 5. The molecule has 0 aliphatic carbocycles. The molecule has 0 saturated carbocycles. The van der Waals surface area contributed by atoms with E-state index in [9.17, 15) is 13.2 Å². The molecule has 1 aromatic carbocycles. The first-order chi connectivity index (χ1) is 12.4. The average molecular weight is 378 g/mol. The lowest BCUT2D eigenvalue weighted by Gasteiger charge is -2.34. The van der Waals surface area contributed by atoms with Crippen LogP contribution in [0.1, 0.15) is 23.0 Å². The predicted octanol–water partition coefficient (Wildman–Crippen LogP) is 2.13. The molecule has 1 fully saturated rings. The highest BCUT2D eigenvalue weighted by atomic mass is 32.2. The minimum absolute atomic E-state index is 0.130. The molecule has 140 valence electrons. The lowest BCUT2D eigenvalue weighted by Crippen LogP contribution is -2.50. The van der Waals surface area contributed by atoms with Gasteiger partial charge < -0.3 is 14.1 Å². The maximum Gasteiger partial charge on any atom is 0.257 e. The molecule has 7 nitrogen and oxygen atoms in total. The van der Waals surface area contributed by atoms with Crippen LogP contribution in [0.4, 0.5) is 0 Å². The number of carbonyl (C=O) groups is 1. The number of benzene rings is 1. The Morgan fingerprint density at radius 2 is 1.77 bits per heavy atom. The summed E-state index contributed by atoms with van der Waals surface area (Å²) in [5.74, 6) is 1.08. The van der Waals surface area contributed by atoms with E-state index >= 15 is 0 Å². The lowest BCUT2D eigenvalue weighted by molar-refractivity contribution is 0.0696. The molecular weight excluding hydrogens is 356 g/mol. The van der Waals surface area contributed by atoms with Crippen LogP contribution in [-0.2, 0) is 10.0 Å². The Hall–Kier alpha value is -2.32. The van der Waals surface area contributed by atoms with Crippen molar-refractivity contribution in [3.8, 4) is 5.75 Å². The maximum atomic E-state index is 12.8. The van der Waals surface area contributed by atoms with Crippen molar-refractivity contribution >= 4 is 15.9 Å². The highest BCUT2D eigenvalue weighted by Gasteiger charge is 2.31. The molecule has 2 aromatic rings. The highest BCUT2D eigenvalue weighted by Crippen LogP contribution is 2.22. The summed E-state index contributed by atoms with van der Waals surface area (Å²) in [4.78, 5) is 14.4. The third-order valence-electron chi connectivity index (χ3n) is 4.39. The molecule has 1 amide bonds.